The maximum Gasteiger partial charge on any atom is 0.242 e. The zero-order valence-corrected chi connectivity index (χ0v) is 13.6. The van der Waals surface area contributed by atoms with Crippen LogP contribution in [0.2, 0.25) is 0 Å². The molecule has 6 nitrogen and oxygen atoms in total. The van der Waals surface area contributed by atoms with E-state index < -0.39 is 10.0 Å². The quantitative estimate of drug-likeness (QED) is 0.677. The molecule has 0 spiro atoms. The summed E-state index contributed by atoms with van der Waals surface area (Å²) >= 11 is 0. The van der Waals surface area contributed by atoms with E-state index in [2.05, 4.69) is 0 Å². The molecule has 0 atom stereocenters. The summed E-state index contributed by atoms with van der Waals surface area (Å²) in [5.74, 6) is 0.596. The van der Waals surface area contributed by atoms with Gasteiger partial charge in [0.1, 0.15) is 5.75 Å². The van der Waals surface area contributed by atoms with Crippen LogP contribution in [0.25, 0.3) is 0 Å². The number of ether oxygens (including phenoxy) is 1. The minimum Gasteiger partial charge on any atom is -0.494 e. The molecule has 0 radical (unpaired) electrons. The highest BCUT2D eigenvalue weighted by atomic mass is 32.2. The van der Waals surface area contributed by atoms with E-state index >= 15 is 0 Å². The summed E-state index contributed by atoms with van der Waals surface area (Å²) in [5, 5.41) is 8.68. The van der Waals surface area contributed by atoms with Gasteiger partial charge in [-0.3, -0.25) is 0 Å². The van der Waals surface area contributed by atoms with E-state index in [4.69, 9.17) is 9.84 Å². The summed E-state index contributed by atoms with van der Waals surface area (Å²) in [4.78, 5) is 2.18. The van der Waals surface area contributed by atoms with Crippen LogP contribution in [-0.4, -0.2) is 70.2 Å². The first-order valence-electron chi connectivity index (χ1n) is 6.82. The molecule has 0 fully saturated rings. The van der Waals surface area contributed by atoms with Crippen molar-refractivity contribution in [2.75, 3.05) is 47.4 Å². The second-order valence-electron chi connectivity index (χ2n) is 5.03. The Kier molecular flexibility index (Phi) is 7.10. The van der Waals surface area contributed by atoms with E-state index in [-0.39, 0.29) is 11.5 Å². The number of hydrogen-bond donors (Lipinski definition) is 1. The molecular weight excluding hydrogens is 292 g/mol. The number of sulfonamides is 1. The van der Waals surface area contributed by atoms with Gasteiger partial charge in [-0.2, -0.15) is 4.31 Å². The van der Waals surface area contributed by atoms with E-state index in [9.17, 15) is 8.42 Å². The van der Waals surface area contributed by atoms with Gasteiger partial charge in [0.2, 0.25) is 10.0 Å². The Morgan fingerprint density at radius 1 is 1.10 bits per heavy atom. The molecule has 1 rings (SSSR count). The van der Waals surface area contributed by atoms with Crippen molar-refractivity contribution in [3.8, 4) is 5.75 Å². The lowest BCUT2D eigenvalue weighted by molar-refractivity contribution is 0.233. The molecule has 0 heterocycles. The summed E-state index contributed by atoms with van der Waals surface area (Å²) in [6, 6.07) is 6.33. The predicted octanol–water partition coefficient (Wildman–Crippen LogP) is 0.630. The second-order valence-corrected chi connectivity index (χ2v) is 7.07. The lowest BCUT2D eigenvalue weighted by atomic mass is 10.3. The van der Waals surface area contributed by atoms with E-state index in [1.807, 2.05) is 19.0 Å². The third-order valence-corrected chi connectivity index (χ3v) is 4.84. The largest absolute Gasteiger partial charge is 0.494 e. The van der Waals surface area contributed by atoms with Crippen molar-refractivity contribution in [1.82, 2.24) is 9.21 Å². The lowest BCUT2D eigenvalue weighted by Gasteiger charge is -2.19. The van der Waals surface area contributed by atoms with Crippen LogP contribution < -0.4 is 4.74 Å². The number of nitrogens with zero attached hydrogens (tertiary/aromatic N) is 2. The molecule has 0 saturated heterocycles. The van der Waals surface area contributed by atoms with E-state index in [0.29, 0.717) is 31.9 Å². The van der Waals surface area contributed by atoms with Crippen molar-refractivity contribution in [3.05, 3.63) is 24.3 Å². The van der Waals surface area contributed by atoms with Gasteiger partial charge in [0.25, 0.3) is 0 Å². The summed E-state index contributed by atoms with van der Waals surface area (Å²) in [7, 11) is 1.91. The average Bonchev–Trinajstić information content (AvgIpc) is 2.45. The SMILES string of the molecule is CN(C)CCN(C)S(=O)(=O)c1ccc(OCCCO)cc1. The summed E-state index contributed by atoms with van der Waals surface area (Å²) < 4.78 is 31.4. The van der Waals surface area contributed by atoms with Crippen LogP contribution >= 0.6 is 0 Å². The van der Waals surface area contributed by atoms with Crippen LogP contribution in [-0.2, 0) is 10.0 Å². The summed E-state index contributed by atoms with van der Waals surface area (Å²) in [6.07, 6.45) is 0.549. The van der Waals surface area contributed by atoms with E-state index in [1.165, 1.54) is 16.4 Å². The van der Waals surface area contributed by atoms with E-state index in [1.54, 1.807) is 19.2 Å². The third kappa shape index (κ3) is 5.62. The van der Waals surface area contributed by atoms with Crippen molar-refractivity contribution in [3.63, 3.8) is 0 Å². The number of rotatable bonds is 9. The molecule has 0 aliphatic carbocycles. The maximum atomic E-state index is 12.3. The molecule has 0 unspecified atom stereocenters. The molecule has 0 aliphatic heterocycles. The number of likely N-dealkylation sites (N-methyl/N-ethyl adjacent to an activating group) is 2. The Bertz CT molecular complexity index is 514. The highest BCUT2D eigenvalue weighted by Crippen LogP contribution is 2.18. The monoisotopic (exact) mass is 316 g/mol. The third-order valence-electron chi connectivity index (χ3n) is 2.97. The first-order valence-corrected chi connectivity index (χ1v) is 8.26. The van der Waals surface area contributed by atoms with Gasteiger partial charge in [-0.05, 0) is 38.4 Å². The van der Waals surface area contributed by atoms with Crippen molar-refractivity contribution in [1.29, 1.82) is 0 Å². The normalized spacial score (nSPS) is 12.1. The molecule has 0 aromatic heterocycles. The minimum absolute atomic E-state index is 0.0726. The fourth-order valence-corrected chi connectivity index (χ4v) is 2.77. The van der Waals surface area contributed by atoms with Crippen LogP contribution in [0.5, 0.6) is 5.75 Å². The first-order chi connectivity index (χ1) is 9.87. The maximum absolute atomic E-state index is 12.3. The van der Waals surface area contributed by atoms with Gasteiger partial charge in [-0.25, -0.2) is 8.42 Å². The van der Waals surface area contributed by atoms with Crippen molar-refractivity contribution in [2.45, 2.75) is 11.3 Å². The summed E-state index contributed by atoms with van der Waals surface area (Å²) in [5.41, 5.74) is 0. The molecule has 21 heavy (non-hydrogen) atoms. The first kappa shape index (κ1) is 17.9. The van der Waals surface area contributed by atoms with E-state index in [0.717, 1.165) is 0 Å². The molecule has 0 amide bonds. The fraction of sp³-hybridized carbons (Fsp3) is 0.571. The van der Waals surface area contributed by atoms with Gasteiger partial charge >= 0.3 is 0 Å². The van der Waals surface area contributed by atoms with Gasteiger partial charge in [0.15, 0.2) is 0 Å². The summed E-state index contributed by atoms with van der Waals surface area (Å²) in [6.45, 7) is 1.58. The zero-order chi connectivity index (χ0) is 15.9. The molecule has 0 bridgehead atoms. The highest BCUT2D eigenvalue weighted by Gasteiger charge is 2.20. The Balaban J connectivity index is 2.70. The Hall–Kier alpha value is -1.15. The number of aliphatic hydroxyl groups is 1. The van der Waals surface area contributed by atoms with Gasteiger partial charge < -0.3 is 14.7 Å². The van der Waals surface area contributed by atoms with Crippen LogP contribution in [0.3, 0.4) is 0 Å². The molecule has 0 aliphatic rings. The minimum atomic E-state index is -3.47. The molecule has 1 aromatic carbocycles. The zero-order valence-electron chi connectivity index (χ0n) is 12.8. The van der Waals surface area contributed by atoms with Crippen LogP contribution in [0.15, 0.2) is 29.2 Å². The van der Waals surface area contributed by atoms with Crippen molar-refractivity contribution in [2.24, 2.45) is 0 Å². The standard InChI is InChI=1S/C14H24N2O4S/c1-15(2)9-10-16(3)21(18,19)14-7-5-13(6-8-14)20-12-4-11-17/h5-8,17H,4,9-12H2,1-3H3. The van der Waals surface area contributed by atoms with Crippen molar-refractivity contribution >= 4 is 10.0 Å². The predicted molar refractivity (Wildman–Crippen MR) is 82.0 cm³/mol. The average molecular weight is 316 g/mol. The van der Waals surface area contributed by atoms with Crippen LogP contribution in [0, 0.1) is 0 Å². The number of benzene rings is 1. The van der Waals surface area contributed by atoms with Gasteiger partial charge in [0, 0.05) is 33.2 Å². The second kappa shape index (κ2) is 8.33. The Morgan fingerprint density at radius 2 is 1.71 bits per heavy atom. The topological polar surface area (TPSA) is 70.1 Å². The molecule has 7 heteroatoms. The van der Waals surface area contributed by atoms with Gasteiger partial charge in [-0.1, -0.05) is 0 Å². The molecule has 120 valence electrons. The van der Waals surface area contributed by atoms with Gasteiger partial charge in [0.05, 0.1) is 11.5 Å². The Labute approximate surface area is 127 Å². The van der Waals surface area contributed by atoms with Crippen molar-refractivity contribution < 1.29 is 18.3 Å². The molecule has 0 saturated carbocycles. The van der Waals surface area contributed by atoms with Crippen LogP contribution in [0.4, 0.5) is 0 Å². The highest BCUT2D eigenvalue weighted by molar-refractivity contribution is 7.89. The lowest BCUT2D eigenvalue weighted by Crippen LogP contribution is -2.33. The van der Waals surface area contributed by atoms with Gasteiger partial charge in [-0.15, -0.1) is 0 Å². The Morgan fingerprint density at radius 3 is 2.24 bits per heavy atom. The molecule has 1 aromatic rings. The van der Waals surface area contributed by atoms with Crippen LogP contribution in [0.1, 0.15) is 6.42 Å². The molecular formula is C14H24N2O4S. The number of hydrogen-bond acceptors (Lipinski definition) is 5. The molecule has 1 N–H and O–H groups in total. The fourth-order valence-electron chi connectivity index (χ4n) is 1.60. The number of aliphatic hydroxyl groups excluding tert-OH is 1. The smallest absolute Gasteiger partial charge is 0.242 e.